The van der Waals surface area contributed by atoms with Crippen molar-refractivity contribution < 1.29 is 18.0 Å². The molecule has 2 aliphatic rings. The van der Waals surface area contributed by atoms with Crippen molar-refractivity contribution in [3.8, 4) is 0 Å². The number of nitrogens with one attached hydrogen (secondary N) is 1. The van der Waals surface area contributed by atoms with Gasteiger partial charge in [-0.25, -0.2) is 4.68 Å². The highest BCUT2D eigenvalue weighted by molar-refractivity contribution is 5.79. The fraction of sp³-hybridized carbons (Fsp3) is 0.550. The van der Waals surface area contributed by atoms with Gasteiger partial charge in [0.05, 0.1) is 18.2 Å². The minimum Gasteiger partial charge on any atom is -0.367 e. The third-order valence-electron chi connectivity index (χ3n) is 5.75. The fourth-order valence-electron chi connectivity index (χ4n) is 4.23. The average Bonchev–Trinajstić information content (AvgIpc) is 3.33. The molecule has 0 spiro atoms. The van der Waals surface area contributed by atoms with E-state index in [9.17, 15) is 18.0 Å². The average molecular weight is 407 g/mol. The van der Waals surface area contributed by atoms with Gasteiger partial charge in [-0.2, -0.15) is 18.3 Å². The summed E-state index contributed by atoms with van der Waals surface area (Å²) in [4.78, 5) is 18.7. The molecule has 0 radical (unpaired) electrons. The van der Waals surface area contributed by atoms with Gasteiger partial charge in [-0.1, -0.05) is 13.0 Å². The summed E-state index contributed by atoms with van der Waals surface area (Å²) < 4.78 is 41.9. The van der Waals surface area contributed by atoms with Gasteiger partial charge in [0.25, 0.3) is 0 Å². The maximum absolute atomic E-state index is 13.6. The second-order valence-corrected chi connectivity index (χ2v) is 7.68. The number of carbonyl (C=O) groups is 1. The number of hydrogen-bond donors (Lipinski definition) is 1. The van der Waals surface area contributed by atoms with Crippen LogP contribution in [0.15, 0.2) is 30.5 Å². The van der Waals surface area contributed by atoms with Crippen molar-refractivity contribution in [1.29, 1.82) is 0 Å². The van der Waals surface area contributed by atoms with Crippen LogP contribution in [0.25, 0.3) is 0 Å². The van der Waals surface area contributed by atoms with Crippen molar-refractivity contribution in [3.05, 3.63) is 41.9 Å². The van der Waals surface area contributed by atoms with Crippen molar-refractivity contribution in [2.45, 2.75) is 63.3 Å². The molecule has 4 heterocycles. The van der Waals surface area contributed by atoms with Crippen LogP contribution in [0.3, 0.4) is 0 Å². The summed E-state index contributed by atoms with van der Waals surface area (Å²) in [5.74, 6) is 0.299. The maximum atomic E-state index is 13.6. The molecule has 0 aromatic carbocycles. The largest absolute Gasteiger partial charge is 0.410 e. The fourth-order valence-corrected chi connectivity index (χ4v) is 4.23. The van der Waals surface area contributed by atoms with Crippen LogP contribution in [0, 0.1) is 0 Å². The highest BCUT2D eigenvalue weighted by atomic mass is 19.4. The lowest BCUT2D eigenvalue weighted by molar-refractivity contribution is -0.173. The van der Waals surface area contributed by atoms with E-state index in [2.05, 4.69) is 15.4 Å². The molecule has 0 bridgehead atoms. The molecule has 1 fully saturated rings. The number of hydrogen-bond acceptors (Lipinski definition) is 4. The first-order chi connectivity index (χ1) is 13.9. The monoisotopic (exact) mass is 407 g/mol. The molecule has 1 saturated heterocycles. The van der Waals surface area contributed by atoms with Gasteiger partial charge in [-0.15, -0.1) is 0 Å². The van der Waals surface area contributed by atoms with Crippen molar-refractivity contribution in [2.24, 2.45) is 0 Å². The van der Waals surface area contributed by atoms with Crippen LogP contribution in [0.1, 0.15) is 56.1 Å². The van der Waals surface area contributed by atoms with Gasteiger partial charge in [-0.05, 0) is 37.8 Å². The molecule has 0 aliphatic carbocycles. The minimum absolute atomic E-state index is 0.0406. The molecule has 0 saturated carbocycles. The second kappa shape index (κ2) is 7.68. The lowest BCUT2D eigenvalue weighted by Gasteiger charge is -2.32. The number of nitrogens with zero attached hydrogens (tertiary/aromatic N) is 4. The van der Waals surface area contributed by atoms with Gasteiger partial charge in [0.2, 0.25) is 5.91 Å². The second-order valence-electron chi connectivity index (χ2n) is 7.68. The van der Waals surface area contributed by atoms with Crippen molar-refractivity contribution in [2.75, 3.05) is 11.9 Å². The number of fused-ring (bicyclic) bond motifs is 1. The number of rotatable bonds is 4. The van der Waals surface area contributed by atoms with Gasteiger partial charge < -0.3 is 10.2 Å². The Balaban J connectivity index is 1.58. The van der Waals surface area contributed by atoms with E-state index in [1.165, 1.54) is 0 Å². The third kappa shape index (κ3) is 3.95. The molecule has 3 atom stereocenters. The highest BCUT2D eigenvalue weighted by Gasteiger charge is 2.46. The van der Waals surface area contributed by atoms with E-state index >= 15 is 0 Å². The molecule has 9 heteroatoms. The Hall–Kier alpha value is -2.58. The van der Waals surface area contributed by atoms with Gasteiger partial charge in [0, 0.05) is 30.5 Å². The maximum Gasteiger partial charge on any atom is 0.410 e. The predicted octanol–water partition coefficient (Wildman–Crippen LogP) is 3.88. The van der Waals surface area contributed by atoms with Gasteiger partial charge in [0.1, 0.15) is 5.82 Å². The van der Waals surface area contributed by atoms with Crippen molar-refractivity contribution in [3.63, 3.8) is 0 Å². The van der Waals surface area contributed by atoms with Crippen LogP contribution < -0.4 is 5.32 Å². The summed E-state index contributed by atoms with van der Waals surface area (Å²) in [6, 6.07) is 4.89. The Kier molecular flexibility index (Phi) is 5.23. The number of halogens is 3. The first kappa shape index (κ1) is 19.7. The standard InChI is InChI=1S/C20H24F3N5O/c1-2-13-10-17(20(21,22)23)28-18(25-13)12-15(26-28)16-7-5-9-27(16)19(29)11-14-6-3-4-8-24-14/h3-4,6,8,12-13,16-17,25H,2,5,7,9-11H2,1H3/t13-,16-,17-/m1/s1. The third-order valence-corrected chi connectivity index (χ3v) is 5.75. The number of likely N-dealkylation sites (tertiary alicyclic amines) is 1. The molecular weight excluding hydrogens is 383 g/mol. The Morgan fingerprint density at radius 1 is 1.34 bits per heavy atom. The van der Waals surface area contributed by atoms with Gasteiger partial charge in [0.15, 0.2) is 6.04 Å². The van der Waals surface area contributed by atoms with Crippen molar-refractivity contribution in [1.82, 2.24) is 19.7 Å². The summed E-state index contributed by atoms with van der Waals surface area (Å²) in [6.07, 6.45) is -0.496. The molecule has 0 unspecified atom stereocenters. The molecule has 2 aliphatic heterocycles. The topological polar surface area (TPSA) is 63.1 Å². The number of pyridine rings is 1. The van der Waals surface area contributed by atoms with Crippen molar-refractivity contribution >= 4 is 11.7 Å². The molecule has 6 nitrogen and oxygen atoms in total. The summed E-state index contributed by atoms with van der Waals surface area (Å²) in [5.41, 5.74) is 1.20. The summed E-state index contributed by atoms with van der Waals surface area (Å²) in [6.45, 7) is 2.44. The minimum atomic E-state index is -4.36. The summed E-state index contributed by atoms with van der Waals surface area (Å²) in [7, 11) is 0. The van der Waals surface area contributed by atoms with E-state index in [1.54, 1.807) is 29.3 Å². The van der Waals surface area contributed by atoms with Gasteiger partial charge in [-0.3, -0.25) is 9.78 Å². The molecule has 2 aromatic rings. The number of carbonyl (C=O) groups excluding carboxylic acids is 1. The first-order valence-corrected chi connectivity index (χ1v) is 9.99. The predicted molar refractivity (Wildman–Crippen MR) is 101 cm³/mol. The first-order valence-electron chi connectivity index (χ1n) is 9.99. The van der Waals surface area contributed by atoms with Crippen LogP contribution in [0.5, 0.6) is 0 Å². The highest BCUT2D eigenvalue weighted by Crippen LogP contribution is 2.42. The SMILES string of the molecule is CC[C@@H]1C[C@H](C(F)(F)F)n2nc([C@H]3CCCN3C(=O)Cc3ccccn3)cc2N1. The van der Waals surface area contributed by atoms with E-state index < -0.39 is 12.2 Å². The van der Waals surface area contributed by atoms with E-state index in [1.807, 2.05) is 13.0 Å². The summed E-state index contributed by atoms with van der Waals surface area (Å²) >= 11 is 0. The molecule has 1 amide bonds. The lowest BCUT2D eigenvalue weighted by Crippen LogP contribution is -2.39. The van der Waals surface area contributed by atoms with Gasteiger partial charge >= 0.3 is 6.18 Å². The Morgan fingerprint density at radius 3 is 2.86 bits per heavy atom. The van der Waals surface area contributed by atoms with Crippen LogP contribution in [0.2, 0.25) is 0 Å². The molecule has 1 N–H and O–H groups in total. The Morgan fingerprint density at radius 2 is 2.17 bits per heavy atom. The molecular formula is C20H24F3N5O. The molecule has 2 aromatic heterocycles. The van der Waals surface area contributed by atoms with E-state index in [0.29, 0.717) is 36.6 Å². The van der Waals surface area contributed by atoms with E-state index in [-0.39, 0.29) is 30.8 Å². The zero-order valence-electron chi connectivity index (χ0n) is 16.2. The number of alkyl halides is 3. The smallest absolute Gasteiger partial charge is 0.367 e. The quantitative estimate of drug-likeness (QED) is 0.836. The van der Waals surface area contributed by atoms with Crippen LogP contribution in [0.4, 0.5) is 19.0 Å². The molecule has 156 valence electrons. The zero-order chi connectivity index (χ0) is 20.6. The van der Waals surface area contributed by atoms with Crippen LogP contribution in [-0.2, 0) is 11.2 Å². The lowest BCUT2D eigenvalue weighted by atomic mass is 10.0. The summed E-state index contributed by atoms with van der Waals surface area (Å²) in [5, 5.41) is 7.48. The van der Waals surface area contributed by atoms with Crippen LogP contribution >= 0.6 is 0 Å². The van der Waals surface area contributed by atoms with Crippen LogP contribution in [-0.4, -0.2) is 44.3 Å². The zero-order valence-corrected chi connectivity index (χ0v) is 16.2. The molecule has 4 rings (SSSR count). The number of amides is 1. The number of anilines is 1. The Labute approximate surface area is 167 Å². The Bertz CT molecular complexity index is 867. The van der Waals surface area contributed by atoms with E-state index in [0.717, 1.165) is 11.1 Å². The van der Waals surface area contributed by atoms with E-state index in [4.69, 9.17) is 0 Å². The molecule has 29 heavy (non-hydrogen) atoms. The number of aromatic nitrogens is 3. The normalized spacial score (nSPS) is 24.3.